The fraction of sp³-hybridized carbons (Fsp3) is 0.636. The molecule has 6 heteroatoms. The van der Waals surface area contributed by atoms with Gasteiger partial charge in [-0.1, -0.05) is 0 Å². The van der Waals surface area contributed by atoms with E-state index in [0.29, 0.717) is 11.6 Å². The van der Waals surface area contributed by atoms with Crippen molar-refractivity contribution in [3.8, 4) is 5.75 Å². The first kappa shape index (κ1) is 11.9. The topological polar surface area (TPSA) is 67.5 Å². The second-order valence-electron chi connectivity index (χ2n) is 4.26. The predicted molar refractivity (Wildman–Crippen MR) is 67.3 cm³/mol. The van der Waals surface area contributed by atoms with Gasteiger partial charge in [-0.05, 0) is 20.0 Å². The van der Waals surface area contributed by atoms with E-state index in [1.165, 1.54) is 6.33 Å². The Hall–Kier alpha value is -1.56. The van der Waals surface area contributed by atoms with Crippen LogP contribution in [0.15, 0.2) is 6.33 Å². The Morgan fingerprint density at radius 2 is 2.06 bits per heavy atom. The molecule has 0 atom stereocenters. The van der Waals surface area contributed by atoms with Gasteiger partial charge in [-0.25, -0.2) is 9.97 Å². The van der Waals surface area contributed by atoms with Crippen LogP contribution in [-0.2, 0) is 0 Å². The van der Waals surface area contributed by atoms with Gasteiger partial charge in [-0.3, -0.25) is 0 Å². The second-order valence-corrected chi connectivity index (χ2v) is 4.26. The molecule has 1 saturated heterocycles. The summed E-state index contributed by atoms with van der Waals surface area (Å²) < 4.78 is 5.29. The highest BCUT2D eigenvalue weighted by atomic mass is 16.5. The summed E-state index contributed by atoms with van der Waals surface area (Å²) in [5, 5.41) is 0. The molecular formula is C11H19N5O. The first-order chi connectivity index (χ1) is 8.22. The highest BCUT2D eigenvalue weighted by molar-refractivity contribution is 5.62. The number of hydrogen-bond donors (Lipinski definition) is 1. The summed E-state index contributed by atoms with van der Waals surface area (Å²) >= 11 is 0. The summed E-state index contributed by atoms with van der Waals surface area (Å²) in [7, 11) is 3.73. The van der Waals surface area contributed by atoms with E-state index in [9.17, 15) is 0 Å². The lowest BCUT2D eigenvalue weighted by Crippen LogP contribution is -2.30. The van der Waals surface area contributed by atoms with Gasteiger partial charge in [0.1, 0.15) is 6.33 Å². The summed E-state index contributed by atoms with van der Waals surface area (Å²) in [6, 6.07) is 0. The van der Waals surface area contributed by atoms with E-state index < -0.39 is 0 Å². The van der Waals surface area contributed by atoms with Crippen molar-refractivity contribution in [2.24, 2.45) is 0 Å². The monoisotopic (exact) mass is 237 g/mol. The van der Waals surface area contributed by atoms with Gasteiger partial charge in [0.2, 0.25) is 5.75 Å². The van der Waals surface area contributed by atoms with Crippen LogP contribution in [0.4, 0.5) is 11.6 Å². The average Bonchev–Trinajstić information content (AvgIpc) is 2.54. The number of rotatable bonds is 2. The number of nitrogens with zero attached hydrogens (tertiary/aromatic N) is 4. The molecule has 2 N–H and O–H groups in total. The SMILES string of the molecule is COc1c(N)ncnc1N1CCCN(C)CC1. The quantitative estimate of drug-likeness (QED) is 0.793. The molecule has 1 fully saturated rings. The van der Waals surface area contributed by atoms with Crippen LogP contribution in [0.5, 0.6) is 5.75 Å². The van der Waals surface area contributed by atoms with Crippen LogP contribution in [0, 0.1) is 0 Å². The van der Waals surface area contributed by atoms with E-state index in [-0.39, 0.29) is 0 Å². The molecule has 1 aliphatic rings. The lowest BCUT2D eigenvalue weighted by atomic mass is 10.3. The van der Waals surface area contributed by atoms with Crippen molar-refractivity contribution in [1.29, 1.82) is 0 Å². The summed E-state index contributed by atoms with van der Waals surface area (Å²) in [5.74, 6) is 1.78. The molecular weight excluding hydrogens is 218 g/mol. The number of hydrogen-bond acceptors (Lipinski definition) is 6. The third-order valence-electron chi connectivity index (χ3n) is 3.04. The third-order valence-corrected chi connectivity index (χ3v) is 3.04. The van der Waals surface area contributed by atoms with Crippen LogP contribution in [0.1, 0.15) is 6.42 Å². The molecule has 6 nitrogen and oxygen atoms in total. The van der Waals surface area contributed by atoms with Gasteiger partial charge in [-0.15, -0.1) is 0 Å². The van der Waals surface area contributed by atoms with Crippen molar-refractivity contribution in [1.82, 2.24) is 14.9 Å². The number of anilines is 2. The standard InChI is InChI=1S/C11H19N5O/c1-15-4-3-5-16(7-6-15)11-9(17-2)10(12)13-8-14-11/h8H,3-7H2,1-2H3,(H2,12,13,14). The Morgan fingerprint density at radius 1 is 1.24 bits per heavy atom. The first-order valence-corrected chi connectivity index (χ1v) is 5.80. The van der Waals surface area contributed by atoms with Crippen molar-refractivity contribution in [3.63, 3.8) is 0 Å². The van der Waals surface area contributed by atoms with Gasteiger partial charge in [0.25, 0.3) is 0 Å². The van der Waals surface area contributed by atoms with E-state index in [1.54, 1.807) is 7.11 Å². The zero-order valence-corrected chi connectivity index (χ0v) is 10.4. The smallest absolute Gasteiger partial charge is 0.204 e. The second kappa shape index (κ2) is 5.18. The van der Waals surface area contributed by atoms with Gasteiger partial charge in [0.05, 0.1) is 7.11 Å². The highest BCUT2D eigenvalue weighted by Crippen LogP contribution is 2.30. The Labute approximate surface area is 101 Å². The molecule has 2 heterocycles. The van der Waals surface area contributed by atoms with Crippen molar-refractivity contribution < 1.29 is 4.74 Å². The molecule has 1 aliphatic heterocycles. The van der Waals surface area contributed by atoms with Crippen LogP contribution in [-0.4, -0.2) is 55.2 Å². The predicted octanol–water partition coefficient (Wildman–Crippen LogP) is 0.209. The summed E-state index contributed by atoms with van der Waals surface area (Å²) in [6.45, 7) is 4.03. The number of methoxy groups -OCH3 is 1. The van der Waals surface area contributed by atoms with Crippen LogP contribution >= 0.6 is 0 Å². The van der Waals surface area contributed by atoms with Crippen molar-refractivity contribution >= 4 is 11.6 Å². The molecule has 94 valence electrons. The Kier molecular flexibility index (Phi) is 3.63. The maximum absolute atomic E-state index is 5.79. The van der Waals surface area contributed by atoms with E-state index in [2.05, 4.69) is 26.8 Å². The molecule has 0 aromatic carbocycles. The molecule has 0 amide bonds. The number of ether oxygens (including phenoxy) is 1. The molecule has 2 rings (SSSR count). The van der Waals surface area contributed by atoms with E-state index in [1.807, 2.05) is 0 Å². The Balaban J connectivity index is 2.23. The fourth-order valence-corrected chi connectivity index (χ4v) is 2.06. The van der Waals surface area contributed by atoms with E-state index in [4.69, 9.17) is 10.5 Å². The van der Waals surface area contributed by atoms with Crippen molar-refractivity contribution in [2.45, 2.75) is 6.42 Å². The summed E-state index contributed by atoms with van der Waals surface area (Å²) in [6.07, 6.45) is 2.60. The Bertz CT molecular complexity index is 384. The first-order valence-electron chi connectivity index (χ1n) is 5.80. The van der Waals surface area contributed by atoms with Crippen LogP contribution in [0.2, 0.25) is 0 Å². The molecule has 0 bridgehead atoms. The van der Waals surface area contributed by atoms with E-state index >= 15 is 0 Å². The minimum Gasteiger partial charge on any atom is -0.490 e. The molecule has 0 radical (unpaired) electrons. The van der Waals surface area contributed by atoms with Crippen LogP contribution in [0.25, 0.3) is 0 Å². The van der Waals surface area contributed by atoms with Crippen molar-refractivity contribution in [2.75, 3.05) is 51.0 Å². The number of nitrogens with two attached hydrogens (primary N) is 1. The Morgan fingerprint density at radius 3 is 2.82 bits per heavy atom. The van der Waals surface area contributed by atoms with Gasteiger partial charge in [0.15, 0.2) is 11.6 Å². The highest BCUT2D eigenvalue weighted by Gasteiger charge is 2.19. The van der Waals surface area contributed by atoms with Gasteiger partial charge < -0.3 is 20.3 Å². The van der Waals surface area contributed by atoms with Gasteiger partial charge in [0, 0.05) is 19.6 Å². The molecule has 0 saturated carbocycles. The third kappa shape index (κ3) is 2.58. The van der Waals surface area contributed by atoms with Gasteiger partial charge >= 0.3 is 0 Å². The molecule has 1 aromatic heterocycles. The zero-order valence-electron chi connectivity index (χ0n) is 10.4. The normalized spacial score (nSPS) is 17.9. The number of nitrogen functional groups attached to an aromatic ring is 1. The largest absolute Gasteiger partial charge is 0.490 e. The summed E-state index contributed by atoms with van der Waals surface area (Å²) in [5.41, 5.74) is 5.79. The van der Waals surface area contributed by atoms with Crippen molar-refractivity contribution in [3.05, 3.63) is 6.33 Å². The maximum Gasteiger partial charge on any atom is 0.204 e. The molecule has 17 heavy (non-hydrogen) atoms. The lowest BCUT2D eigenvalue weighted by Gasteiger charge is -2.23. The lowest BCUT2D eigenvalue weighted by molar-refractivity contribution is 0.359. The molecule has 0 unspecified atom stereocenters. The molecule has 0 spiro atoms. The van der Waals surface area contributed by atoms with Crippen LogP contribution in [0.3, 0.4) is 0 Å². The van der Waals surface area contributed by atoms with Gasteiger partial charge in [-0.2, -0.15) is 0 Å². The molecule has 1 aromatic rings. The number of aromatic nitrogens is 2. The van der Waals surface area contributed by atoms with Crippen LogP contribution < -0.4 is 15.4 Å². The fourth-order valence-electron chi connectivity index (χ4n) is 2.06. The maximum atomic E-state index is 5.79. The molecule has 0 aliphatic carbocycles. The minimum absolute atomic E-state index is 0.398. The summed E-state index contributed by atoms with van der Waals surface area (Å²) in [4.78, 5) is 12.8. The minimum atomic E-state index is 0.398. The average molecular weight is 237 g/mol. The van der Waals surface area contributed by atoms with E-state index in [0.717, 1.165) is 38.4 Å². The number of likely N-dealkylation sites (N-methyl/N-ethyl adjacent to an activating group) is 1. The zero-order chi connectivity index (χ0) is 12.3.